The highest BCUT2D eigenvalue weighted by molar-refractivity contribution is 7.89. The van der Waals surface area contributed by atoms with Gasteiger partial charge in [-0.25, -0.2) is 31.8 Å². The first-order valence-corrected chi connectivity index (χ1v) is 11.0. The molecular formula is C18H20F2N6O3S. The summed E-state index contributed by atoms with van der Waals surface area (Å²) in [6, 6.07) is 5.70. The molecule has 1 aliphatic rings. The second-order valence-electron chi connectivity index (χ2n) is 7.37. The van der Waals surface area contributed by atoms with Gasteiger partial charge in [-0.1, -0.05) is 0 Å². The van der Waals surface area contributed by atoms with Crippen LogP contribution in [0.5, 0.6) is 0 Å². The van der Waals surface area contributed by atoms with Gasteiger partial charge < -0.3 is 9.88 Å². The first kappa shape index (κ1) is 20.4. The minimum absolute atomic E-state index is 0.124. The molecule has 1 aliphatic heterocycles. The van der Waals surface area contributed by atoms with Gasteiger partial charge in [0.1, 0.15) is 11.5 Å². The highest BCUT2D eigenvalue weighted by atomic mass is 32.2. The van der Waals surface area contributed by atoms with E-state index in [1.165, 1.54) is 28.9 Å². The molecule has 0 bridgehead atoms. The fraction of sp³-hybridized carbons (Fsp3) is 0.389. The average molecular weight is 438 g/mol. The number of hydrogen-bond donors (Lipinski definition) is 2. The van der Waals surface area contributed by atoms with Crippen LogP contribution < -0.4 is 15.6 Å². The highest BCUT2D eigenvalue weighted by Gasteiger charge is 2.25. The van der Waals surface area contributed by atoms with Gasteiger partial charge in [-0.05, 0) is 37.0 Å². The Morgan fingerprint density at radius 1 is 1.30 bits per heavy atom. The second kappa shape index (κ2) is 7.76. The molecular weight excluding hydrogens is 418 g/mol. The average Bonchev–Trinajstić information content (AvgIpc) is 3.09. The van der Waals surface area contributed by atoms with Crippen LogP contribution in [0.15, 0.2) is 35.3 Å². The fourth-order valence-corrected chi connectivity index (χ4v) is 4.73. The zero-order valence-corrected chi connectivity index (χ0v) is 16.6. The summed E-state index contributed by atoms with van der Waals surface area (Å²) in [6.45, 7) is 1.07. The molecule has 30 heavy (non-hydrogen) atoms. The van der Waals surface area contributed by atoms with E-state index in [2.05, 4.69) is 15.1 Å². The van der Waals surface area contributed by atoms with Crippen molar-refractivity contribution in [2.24, 2.45) is 11.1 Å². The number of rotatable bonds is 5. The Balaban J connectivity index is 1.70. The summed E-state index contributed by atoms with van der Waals surface area (Å²) >= 11 is 0. The minimum Gasteiger partial charge on any atom is -0.358 e. The van der Waals surface area contributed by atoms with Crippen LogP contribution in [0.25, 0.3) is 16.9 Å². The zero-order valence-electron chi connectivity index (χ0n) is 15.8. The zero-order chi connectivity index (χ0) is 21.5. The lowest BCUT2D eigenvalue weighted by Crippen LogP contribution is -2.40. The maximum Gasteiger partial charge on any atom is 0.282 e. The number of imidazole rings is 1. The molecule has 3 aromatic rings. The van der Waals surface area contributed by atoms with Crippen molar-refractivity contribution in [1.29, 1.82) is 0 Å². The Hall–Kier alpha value is -2.86. The van der Waals surface area contributed by atoms with Crippen molar-refractivity contribution in [2.45, 2.75) is 19.3 Å². The smallest absolute Gasteiger partial charge is 0.282 e. The summed E-state index contributed by atoms with van der Waals surface area (Å²) in [6.07, 6.45) is 0.213. The summed E-state index contributed by atoms with van der Waals surface area (Å²) in [7, 11) is -3.60. The molecule has 0 aliphatic carbocycles. The number of alkyl halides is 2. The molecule has 1 fully saturated rings. The number of pyridine rings is 1. The molecule has 1 saturated heterocycles. The van der Waals surface area contributed by atoms with E-state index in [0.717, 1.165) is 12.8 Å². The minimum atomic E-state index is -3.60. The van der Waals surface area contributed by atoms with Crippen molar-refractivity contribution in [2.75, 3.05) is 23.7 Å². The van der Waals surface area contributed by atoms with Crippen LogP contribution in [0.3, 0.4) is 0 Å². The number of nitrogens with zero attached hydrogens (tertiary/aromatic N) is 4. The molecule has 1 unspecified atom stereocenters. The largest absolute Gasteiger partial charge is 0.358 e. The van der Waals surface area contributed by atoms with Crippen molar-refractivity contribution in [1.82, 2.24) is 19.6 Å². The molecule has 3 N–H and O–H groups in total. The number of piperidine rings is 1. The van der Waals surface area contributed by atoms with Gasteiger partial charge in [-0.2, -0.15) is 5.10 Å². The lowest BCUT2D eigenvalue weighted by molar-refractivity contribution is 0.144. The molecule has 0 amide bonds. The van der Waals surface area contributed by atoms with Gasteiger partial charge in [0.25, 0.3) is 6.43 Å². The van der Waals surface area contributed by atoms with Crippen LogP contribution in [-0.4, -0.2) is 46.8 Å². The number of aromatic amines is 1. The molecule has 4 heterocycles. The predicted octanol–water partition coefficient (Wildman–Crippen LogP) is 1.53. The Bertz CT molecular complexity index is 1240. The third-order valence-electron chi connectivity index (χ3n) is 5.06. The van der Waals surface area contributed by atoms with E-state index in [1.54, 1.807) is 6.07 Å². The number of aromatic nitrogens is 4. The van der Waals surface area contributed by atoms with Crippen LogP contribution in [-0.2, 0) is 10.0 Å². The Morgan fingerprint density at radius 3 is 2.83 bits per heavy atom. The highest BCUT2D eigenvalue weighted by Crippen LogP contribution is 2.27. The van der Waals surface area contributed by atoms with Crippen LogP contribution in [0.4, 0.5) is 14.6 Å². The SMILES string of the molecule is NS(=O)(=O)CC1CCCN(c2cc(-c3cnc4ccc(C(F)F)nn34)cc(=O)[nH]2)C1. The van der Waals surface area contributed by atoms with Crippen molar-refractivity contribution in [3.63, 3.8) is 0 Å². The standard InChI is InChI=1S/C18H20F2N6O3S/c19-18(20)13-3-4-15-22-8-14(26(15)24-13)12-6-16(23-17(27)7-12)25-5-1-2-11(9-25)10-30(21,28)29/h3-4,6-8,11,18H,1-2,5,9-10H2,(H,23,27)(H2,21,28,29). The fourth-order valence-electron chi connectivity index (χ4n) is 3.80. The van der Waals surface area contributed by atoms with Gasteiger partial charge in [-0.3, -0.25) is 4.79 Å². The quantitative estimate of drug-likeness (QED) is 0.622. The van der Waals surface area contributed by atoms with Crippen molar-refractivity contribution in [3.8, 4) is 11.3 Å². The van der Waals surface area contributed by atoms with E-state index in [9.17, 15) is 22.0 Å². The number of anilines is 1. The normalized spacial score (nSPS) is 17.7. The summed E-state index contributed by atoms with van der Waals surface area (Å²) in [4.78, 5) is 21.1. The van der Waals surface area contributed by atoms with Gasteiger partial charge in [0, 0.05) is 24.7 Å². The number of nitrogens with one attached hydrogen (secondary N) is 1. The van der Waals surface area contributed by atoms with E-state index in [0.29, 0.717) is 35.8 Å². The molecule has 1 atom stereocenters. The third-order valence-corrected chi connectivity index (χ3v) is 6.00. The molecule has 4 rings (SSSR count). The van der Waals surface area contributed by atoms with E-state index < -0.39 is 22.1 Å². The Kier molecular flexibility index (Phi) is 5.28. The van der Waals surface area contributed by atoms with E-state index >= 15 is 0 Å². The number of hydrogen-bond acceptors (Lipinski definition) is 6. The number of nitrogens with two attached hydrogens (primary N) is 1. The van der Waals surface area contributed by atoms with Crippen molar-refractivity contribution < 1.29 is 17.2 Å². The third kappa shape index (κ3) is 4.33. The Labute approximate surface area is 170 Å². The number of primary sulfonamides is 1. The van der Waals surface area contributed by atoms with Crippen LogP contribution >= 0.6 is 0 Å². The maximum atomic E-state index is 13.1. The van der Waals surface area contributed by atoms with Crippen molar-refractivity contribution in [3.05, 3.63) is 46.5 Å². The number of halogens is 2. The molecule has 0 saturated carbocycles. The van der Waals surface area contributed by atoms with Gasteiger partial charge in [-0.15, -0.1) is 0 Å². The van der Waals surface area contributed by atoms with E-state index in [-0.39, 0.29) is 17.2 Å². The lowest BCUT2D eigenvalue weighted by Gasteiger charge is -2.33. The first-order chi connectivity index (χ1) is 14.2. The summed E-state index contributed by atoms with van der Waals surface area (Å²) in [5.41, 5.74) is 0.471. The molecule has 0 radical (unpaired) electrons. The topological polar surface area (TPSA) is 126 Å². The van der Waals surface area contributed by atoms with Crippen LogP contribution in [0, 0.1) is 5.92 Å². The number of H-pyrrole nitrogens is 1. The van der Waals surface area contributed by atoms with Gasteiger partial charge in [0.15, 0.2) is 5.65 Å². The van der Waals surface area contributed by atoms with E-state index in [4.69, 9.17) is 5.14 Å². The molecule has 0 spiro atoms. The predicted molar refractivity (Wildman–Crippen MR) is 107 cm³/mol. The summed E-state index contributed by atoms with van der Waals surface area (Å²) in [5.74, 6) is 0.240. The van der Waals surface area contributed by atoms with E-state index in [1.807, 2.05) is 4.90 Å². The van der Waals surface area contributed by atoms with Crippen LogP contribution in [0.2, 0.25) is 0 Å². The Morgan fingerprint density at radius 2 is 2.10 bits per heavy atom. The summed E-state index contributed by atoms with van der Waals surface area (Å²) < 4.78 is 50.3. The van der Waals surface area contributed by atoms with Crippen molar-refractivity contribution >= 4 is 21.5 Å². The molecule has 12 heteroatoms. The molecule has 0 aromatic carbocycles. The lowest BCUT2D eigenvalue weighted by atomic mass is 10.00. The van der Waals surface area contributed by atoms with Gasteiger partial charge >= 0.3 is 0 Å². The monoisotopic (exact) mass is 438 g/mol. The number of sulfonamides is 1. The van der Waals surface area contributed by atoms with Crippen LogP contribution in [0.1, 0.15) is 25.0 Å². The second-order valence-corrected chi connectivity index (χ2v) is 9.03. The number of fused-ring (bicyclic) bond motifs is 1. The molecule has 9 nitrogen and oxygen atoms in total. The van der Waals surface area contributed by atoms with Gasteiger partial charge in [0.05, 0.1) is 17.6 Å². The summed E-state index contributed by atoms with van der Waals surface area (Å²) in [5, 5.41) is 9.11. The molecule has 3 aromatic heterocycles. The maximum absolute atomic E-state index is 13.1. The molecule has 160 valence electrons. The first-order valence-electron chi connectivity index (χ1n) is 9.32. The van der Waals surface area contributed by atoms with Gasteiger partial charge in [0.2, 0.25) is 15.6 Å².